The van der Waals surface area contributed by atoms with Gasteiger partial charge in [-0.3, -0.25) is 13.9 Å². The average Bonchev–Trinajstić information content (AvgIpc) is 2.56. The molecule has 0 aliphatic rings. The van der Waals surface area contributed by atoms with Crippen LogP contribution in [-0.2, 0) is 20.6 Å². The molecule has 0 aliphatic carbocycles. The van der Waals surface area contributed by atoms with Crippen LogP contribution in [0.25, 0.3) is 0 Å². The van der Waals surface area contributed by atoms with Gasteiger partial charge in [-0.25, -0.2) is 9.18 Å². The van der Waals surface area contributed by atoms with Gasteiger partial charge < -0.3 is 9.64 Å². The molecule has 6 nitrogen and oxygen atoms in total. The van der Waals surface area contributed by atoms with Gasteiger partial charge in [0.1, 0.15) is 11.6 Å². The molecule has 0 N–H and O–H groups in total. The fraction of sp³-hybridized carbons (Fsp3) is 0.412. The van der Waals surface area contributed by atoms with Gasteiger partial charge in [-0.05, 0) is 37.7 Å². The molecule has 2 rings (SSSR count). The molecule has 0 bridgehead atoms. The van der Waals surface area contributed by atoms with Crippen LogP contribution in [0.15, 0.2) is 39.9 Å². The fourth-order valence-electron chi connectivity index (χ4n) is 2.34. The summed E-state index contributed by atoms with van der Waals surface area (Å²) in [6.45, 7) is 1.74. The second kappa shape index (κ2) is 7.92. The Kier molecular flexibility index (Phi) is 5.92. The Labute approximate surface area is 139 Å². The highest BCUT2D eigenvalue weighted by Crippen LogP contribution is 2.11. The minimum atomic E-state index is -0.328. The number of ether oxygens (including phenoxy) is 1. The van der Waals surface area contributed by atoms with Crippen molar-refractivity contribution in [2.75, 3.05) is 20.2 Å². The highest BCUT2D eigenvalue weighted by atomic mass is 19.1. The van der Waals surface area contributed by atoms with E-state index in [2.05, 4.69) is 0 Å². The van der Waals surface area contributed by atoms with Crippen molar-refractivity contribution >= 4 is 0 Å². The SMILES string of the molecule is CN(CCCOc1ccc(F)cc1)Cc1cc(=O)n(C)c(=O)n1C. The first-order valence-electron chi connectivity index (χ1n) is 7.71. The molecule has 0 saturated carbocycles. The van der Waals surface area contributed by atoms with E-state index < -0.39 is 0 Å². The molecule has 0 atom stereocenters. The van der Waals surface area contributed by atoms with Crippen molar-refractivity contribution in [2.24, 2.45) is 14.1 Å². The van der Waals surface area contributed by atoms with E-state index in [0.29, 0.717) is 24.6 Å². The van der Waals surface area contributed by atoms with Crippen LogP contribution in [0.5, 0.6) is 5.75 Å². The number of hydrogen-bond acceptors (Lipinski definition) is 4. The van der Waals surface area contributed by atoms with Crippen LogP contribution in [0, 0.1) is 5.82 Å². The Balaban J connectivity index is 1.83. The van der Waals surface area contributed by atoms with Gasteiger partial charge in [-0.1, -0.05) is 0 Å². The monoisotopic (exact) mass is 335 g/mol. The second-order valence-corrected chi connectivity index (χ2v) is 5.77. The van der Waals surface area contributed by atoms with Crippen molar-refractivity contribution in [1.29, 1.82) is 0 Å². The van der Waals surface area contributed by atoms with Crippen LogP contribution in [0.4, 0.5) is 4.39 Å². The normalized spacial score (nSPS) is 11.0. The van der Waals surface area contributed by atoms with E-state index in [1.165, 1.54) is 29.8 Å². The standard InChI is InChI=1S/C17H22FN3O3/c1-19(9-4-10-24-15-7-5-13(18)6-8-15)12-14-11-16(22)21(3)17(23)20(14)2/h5-8,11H,4,9-10,12H2,1-3H3. The van der Waals surface area contributed by atoms with Crippen LogP contribution >= 0.6 is 0 Å². The average molecular weight is 335 g/mol. The molecule has 0 unspecified atom stereocenters. The third-order valence-electron chi connectivity index (χ3n) is 3.82. The van der Waals surface area contributed by atoms with E-state index in [-0.39, 0.29) is 17.1 Å². The van der Waals surface area contributed by atoms with Crippen LogP contribution in [0.3, 0.4) is 0 Å². The number of rotatable bonds is 7. The summed E-state index contributed by atoms with van der Waals surface area (Å²) in [5.41, 5.74) is 0.0386. The van der Waals surface area contributed by atoms with Crippen LogP contribution in [0.1, 0.15) is 12.1 Å². The molecule has 0 radical (unpaired) electrons. The zero-order valence-electron chi connectivity index (χ0n) is 14.2. The molecule has 1 aromatic heterocycles. The first-order valence-corrected chi connectivity index (χ1v) is 7.71. The van der Waals surface area contributed by atoms with Gasteiger partial charge in [0.2, 0.25) is 0 Å². The van der Waals surface area contributed by atoms with Gasteiger partial charge in [-0.2, -0.15) is 0 Å². The number of halogens is 1. The maximum atomic E-state index is 12.8. The van der Waals surface area contributed by atoms with E-state index in [0.717, 1.165) is 17.5 Å². The predicted octanol–water partition coefficient (Wildman–Crippen LogP) is 1.12. The molecule has 0 fully saturated rings. The van der Waals surface area contributed by atoms with Crippen molar-refractivity contribution in [3.63, 3.8) is 0 Å². The van der Waals surface area contributed by atoms with Gasteiger partial charge in [0.25, 0.3) is 5.56 Å². The Bertz CT molecular complexity index is 796. The molecule has 0 spiro atoms. The first kappa shape index (κ1) is 17.9. The van der Waals surface area contributed by atoms with E-state index in [1.807, 2.05) is 11.9 Å². The van der Waals surface area contributed by atoms with Crippen molar-refractivity contribution in [1.82, 2.24) is 14.0 Å². The Morgan fingerprint density at radius 2 is 1.79 bits per heavy atom. The lowest BCUT2D eigenvalue weighted by Gasteiger charge is -2.18. The van der Waals surface area contributed by atoms with E-state index in [9.17, 15) is 14.0 Å². The molecule has 1 heterocycles. The van der Waals surface area contributed by atoms with E-state index in [4.69, 9.17) is 4.74 Å². The van der Waals surface area contributed by atoms with Crippen LogP contribution < -0.4 is 16.0 Å². The lowest BCUT2D eigenvalue weighted by atomic mass is 10.3. The first-order chi connectivity index (χ1) is 11.4. The van der Waals surface area contributed by atoms with E-state index in [1.54, 1.807) is 19.2 Å². The van der Waals surface area contributed by atoms with E-state index >= 15 is 0 Å². The highest BCUT2D eigenvalue weighted by Gasteiger charge is 2.08. The number of aromatic nitrogens is 2. The van der Waals surface area contributed by atoms with Crippen LogP contribution in [-0.4, -0.2) is 34.2 Å². The zero-order valence-corrected chi connectivity index (χ0v) is 14.2. The molecule has 24 heavy (non-hydrogen) atoms. The lowest BCUT2D eigenvalue weighted by molar-refractivity contribution is 0.255. The van der Waals surface area contributed by atoms with Crippen molar-refractivity contribution in [2.45, 2.75) is 13.0 Å². The number of benzene rings is 1. The maximum Gasteiger partial charge on any atom is 0.330 e. The quantitative estimate of drug-likeness (QED) is 0.712. The van der Waals surface area contributed by atoms with Crippen molar-refractivity contribution in [3.8, 4) is 5.75 Å². The maximum absolute atomic E-state index is 12.8. The fourth-order valence-corrected chi connectivity index (χ4v) is 2.34. The molecule has 2 aromatic rings. The molecule has 7 heteroatoms. The lowest BCUT2D eigenvalue weighted by Crippen LogP contribution is -2.39. The summed E-state index contributed by atoms with van der Waals surface area (Å²) in [6, 6.07) is 7.38. The topological polar surface area (TPSA) is 56.5 Å². The summed E-state index contributed by atoms with van der Waals surface area (Å²) in [6.07, 6.45) is 0.771. The second-order valence-electron chi connectivity index (χ2n) is 5.77. The molecular formula is C17H22FN3O3. The highest BCUT2D eigenvalue weighted by molar-refractivity contribution is 5.21. The Morgan fingerprint density at radius 1 is 1.12 bits per heavy atom. The molecular weight excluding hydrogens is 313 g/mol. The molecule has 130 valence electrons. The Hall–Kier alpha value is -2.41. The summed E-state index contributed by atoms with van der Waals surface area (Å²) >= 11 is 0. The summed E-state index contributed by atoms with van der Waals surface area (Å²) in [5.74, 6) is 0.342. The Morgan fingerprint density at radius 3 is 2.46 bits per heavy atom. The van der Waals surface area contributed by atoms with Gasteiger partial charge in [0.05, 0.1) is 6.61 Å². The molecule has 0 saturated heterocycles. The number of nitrogens with zero attached hydrogens (tertiary/aromatic N) is 3. The molecule has 0 aliphatic heterocycles. The minimum absolute atomic E-state index is 0.290. The van der Waals surface area contributed by atoms with Gasteiger partial charge >= 0.3 is 5.69 Å². The van der Waals surface area contributed by atoms with Crippen molar-refractivity contribution < 1.29 is 9.13 Å². The van der Waals surface area contributed by atoms with Gasteiger partial charge in [-0.15, -0.1) is 0 Å². The van der Waals surface area contributed by atoms with Crippen molar-refractivity contribution in [3.05, 3.63) is 62.7 Å². The minimum Gasteiger partial charge on any atom is -0.494 e. The zero-order chi connectivity index (χ0) is 17.7. The van der Waals surface area contributed by atoms with Crippen LogP contribution in [0.2, 0.25) is 0 Å². The van der Waals surface area contributed by atoms with Gasteiger partial charge in [0.15, 0.2) is 0 Å². The summed E-state index contributed by atoms with van der Waals surface area (Å²) in [5, 5.41) is 0. The molecule has 0 amide bonds. The predicted molar refractivity (Wildman–Crippen MR) is 89.8 cm³/mol. The largest absolute Gasteiger partial charge is 0.494 e. The third-order valence-corrected chi connectivity index (χ3v) is 3.82. The summed E-state index contributed by atoms with van der Waals surface area (Å²) < 4.78 is 20.9. The summed E-state index contributed by atoms with van der Waals surface area (Å²) in [7, 11) is 5.04. The van der Waals surface area contributed by atoms with Gasteiger partial charge in [0, 0.05) is 38.9 Å². The third kappa shape index (κ3) is 4.55. The molecule has 1 aromatic carbocycles. The summed E-state index contributed by atoms with van der Waals surface area (Å²) in [4.78, 5) is 25.6. The smallest absolute Gasteiger partial charge is 0.330 e. The number of hydrogen-bond donors (Lipinski definition) is 0.